The molecule has 0 saturated carbocycles. The van der Waals surface area contributed by atoms with Gasteiger partial charge in [0.2, 0.25) is 0 Å². The number of hydrogen-bond donors (Lipinski definition) is 2. The van der Waals surface area contributed by atoms with Crippen molar-refractivity contribution < 1.29 is 4.74 Å². The van der Waals surface area contributed by atoms with Crippen molar-refractivity contribution in [2.24, 2.45) is 0 Å². The normalized spacial score (nSPS) is 18.0. The molecule has 0 aliphatic carbocycles. The molecule has 1 aliphatic heterocycles. The monoisotopic (exact) mass is 283 g/mol. The first-order chi connectivity index (χ1) is 10.3. The predicted octanol–water partition coefficient (Wildman–Crippen LogP) is 2.71. The molecule has 2 unspecified atom stereocenters. The average Bonchev–Trinajstić information content (AvgIpc) is 2.93. The second-order valence-electron chi connectivity index (χ2n) is 5.40. The molecule has 0 saturated heterocycles. The number of pyridine rings is 1. The Morgan fingerprint density at radius 3 is 3.00 bits per heavy atom. The number of nitrogens with one attached hydrogen (secondary N) is 1. The van der Waals surface area contributed by atoms with Gasteiger partial charge in [0.25, 0.3) is 0 Å². The zero-order valence-electron chi connectivity index (χ0n) is 12.3. The number of rotatable bonds is 5. The van der Waals surface area contributed by atoms with E-state index in [1.165, 1.54) is 5.56 Å². The highest BCUT2D eigenvalue weighted by Crippen LogP contribution is 2.35. The van der Waals surface area contributed by atoms with Crippen LogP contribution in [0.3, 0.4) is 0 Å². The molecule has 0 bridgehead atoms. The van der Waals surface area contributed by atoms with Crippen LogP contribution in [0.2, 0.25) is 0 Å². The quantitative estimate of drug-likeness (QED) is 0.885. The summed E-state index contributed by atoms with van der Waals surface area (Å²) in [5, 5.41) is 3.56. The molecule has 2 heterocycles. The van der Waals surface area contributed by atoms with Gasteiger partial charge in [0.05, 0.1) is 6.04 Å². The Kier molecular flexibility index (Phi) is 4.06. The van der Waals surface area contributed by atoms with Crippen molar-refractivity contribution in [1.82, 2.24) is 10.3 Å². The third kappa shape index (κ3) is 2.85. The van der Waals surface area contributed by atoms with Crippen LogP contribution < -0.4 is 15.8 Å². The van der Waals surface area contributed by atoms with E-state index in [1.54, 1.807) is 6.20 Å². The average molecular weight is 283 g/mol. The minimum Gasteiger partial charge on any atom is -0.488 e. The highest BCUT2D eigenvalue weighted by molar-refractivity contribution is 5.48. The standard InChI is InChI=1S/C17H21N3O/c1-2-8-20-17(13-11-19-9-7-14(13)18)16-10-12-5-3-4-6-15(12)21-16/h3-7,9,11,16-17,20H,2,8,10H2,1H3,(H2,18,19). The summed E-state index contributed by atoms with van der Waals surface area (Å²) in [5.41, 5.74) is 9.17. The first-order valence-electron chi connectivity index (χ1n) is 7.47. The minimum atomic E-state index is 0.0560. The second-order valence-corrected chi connectivity index (χ2v) is 5.40. The molecule has 1 aliphatic rings. The van der Waals surface area contributed by atoms with Crippen LogP contribution >= 0.6 is 0 Å². The van der Waals surface area contributed by atoms with E-state index in [1.807, 2.05) is 24.4 Å². The molecule has 3 rings (SSSR count). The van der Waals surface area contributed by atoms with E-state index < -0.39 is 0 Å². The van der Waals surface area contributed by atoms with E-state index in [0.717, 1.165) is 36.4 Å². The molecule has 0 radical (unpaired) electrons. The zero-order valence-corrected chi connectivity index (χ0v) is 12.3. The summed E-state index contributed by atoms with van der Waals surface area (Å²) in [7, 11) is 0. The molecule has 21 heavy (non-hydrogen) atoms. The fourth-order valence-corrected chi connectivity index (χ4v) is 2.81. The van der Waals surface area contributed by atoms with E-state index in [-0.39, 0.29) is 12.1 Å². The SMILES string of the molecule is CCCNC(c1cnccc1N)C1Cc2ccccc2O1. The first kappa shape index (κ1) is 13.9. The van der Waals surface area contributed by atoms with Crippen LogP contribution in [0.4, 0.5) is 5.69 Å². The van der Waals surface area contributed by atoms with Crippen molar-refractivity contribution in [3.05, 3.63) is 53.9 Å². The number of nitrogens with zero attached hydrogens (tertiary/aromatic N) is 1. The van der Waals surface area contributed by atoms with Gasteiger partial charge in [0.1, 0.15) is 11.9 Å². The maximum absolute atomic E-state index is 6.13. The van der Waals surface area contributed by atoms with Gasteiger partial charge in [-0.2, -0.15) is 0 Å². The van der Waals surface area contributed by atoms with Gasteiger partial charge in [-0.25, -0.2) is 0 Å². The summed E-state index contributed by atoms with van der Waals surface area (Å²) < 4.78 is 6.13. The summed E-state index contributed by atoms with van der Waals surface area (Å²) in [6, 6.07) is 10.1. The van der Waals surface area contributed by atoms with Crippen molar-refractivity contribution in [1.29, 1.82) is 0 Å². The van der Waals surface area contributed by atoms with Gasteiger partial charge in [0, 0.05) is 30.1 Å². The number of hydrogen-bond acceptors (Lipinski definition) is 4. The van der Waals surface area contributed by atoms with Crippen LogP contribution in [0.25, 0.3) is 0 Å². The Hall–Kier alpha value is -2.07. The molecule has 3 N–H and O–H groups in total. The predicted molar refractivity (Wildman–Crippen MR) is 84.2 cm³/mol. The van der Waals surface area contributed by atoms with Gasteiger partial charge in [-0.15, -0.1) is 0 Å². The summed E-state index contributed by atoms with van der Waals surface area (Å²) in [6.07, 6.45) is 5.58. The maximum atomic E-state index is 6.13. The first-order valence-corrected chi connectivity index (χ1v) is 7.47. The molecule has 4 nitrogen and oxygen atoms in total. The Morgan fingerprint density at radius 2 is 2.24 bits per heavy atom. The number of benzene rings is 1. The molecule has 0 spiro atoms. The Bertz CT molecular complexity index is 589. The van der Waals surface area contributed by atoms with Gasteiger partial charge in [-0.3, -0.25) is 4.98 Å². The molecule has 0 fully saturated rings. The molecular weight excluding hydrogens is 262 g/mol. The second kappa shape index (κ2) is 6.14. The largest absolute Gasteiger partial charge is 0.488 e. The van der Waals surface area contributed by atoms with Crippen LogP contribution in [0, 0.1) is 0 Å². The van der Waals surface area contributed by atoms with Crippen molar-refractivity contribution in [2.75, 3.05) is 12.3 Å². The van der Waals surface area contributed by atoms with E-state index in [9.17, 15) is 0 Å². The van der Waals surface area contributed by atoms with Gasteiger partial charge >= 0.3 is 0 Å². The minimum absolute atomic E-state index is 0.0560. The lowest BCUT2D eigenvalue weighted by Crippen LogP contribution is -2.36. The van der Waals surface area contributed by atoms with Crippen molar-refractivity contribution in [2.45, 2.75) is 31.9 Å². The number of nitrogen functional groups attached to an aromatic ring is 1. The van der Waals surface area contributed by atoms with E-state index in [0.29, 0.717) is 0 Å². The lowest BCUT2D eigenvalue weighted by molar-refractivity contribution is 0.178. The molecule has 2 aromatic rings. The Morgan fingerprint density at radius 1 is 1.38 bits per heavy atom. The number of ether oxygens (including phenoxy) is 1. The molecular formula is C17H21N3O. The maximum Gasteiger partial charge on any atom is 0.123 e. The Labute approximate surface area is 125 Å². The molecule has 4 heteroatoms. The van der Waals surface area contributed by atoms with E-state index in [2.05, 4.69) is 29.4 Å². The summed E-state index contributed by atoms with van der Waals surface area (Å²) in [6.45, 7) is 3.08. The van der Waals surface area contributed by atoms with Gasteiger partial charge in [-0.05, 0) is 30.7 Å². The van der Waals surface area contributed by atoms with Crippen molar-refractivity contribution >= 4 is 5.69 Å². The summed E-state index contributed by atoms with van der Waals surface area (Å²) in [4.78, 5) is 4.22. The van der Waals surface area contributed by atoms with Gasteiger partial charge < -0.3 is 15.8 Å². The smallest absolute Gasteiger partial charge is 0.123 e. The topological polar surface area (TPSA) is 60.2 Å². The lowest BCUT2D eigenvalue weighted by Gasteiger charge is -2.25. The fourth-order valence-electron chi connectivity index (χ4n) is 2.81. The number of anilines is 1. The third-order valence-electron chi connectivity index (χ3n) is 3.88. The van der Waals surface area contributed by atoms with Crippen LogP contribution in [-0.2, 0) is 6.42 Å². The van der Waals surface area contributed by atoms with Crippen LogP contribution in [0.5, 0.6) is 5.75 Å². The molecule has 1 aromatic heterocycles. The van der Waals surface area contributed by atoms with Crippen molar-refractivity contribution in [3.63, 3.8) is 0 Å². The fraction of sp³-hybridized carbons (Fsp3) is 0.353. The highest BCUT2D eigenvalue weighted by atomic mass is 16.5. The zero-order chi connectivity index (χ0) is 14.7. The molecule has 0 amide bonds. The third-order valence-corrected chi connectivity index (χ3v) is 3.88. The number of para-hydroxylation sites is 1. The molecule has 2 atom stereocenters. The summed E-state index contributed by atoms with van der Waals surface area (Å²) >= 11 is 0. The van der Waals surface area contributed by atoms with Crippen LogP contribution in [0.1, 0.15) is 30.5 Å². The highest BCUT2D eigenvalue weighted by Gasteiger charge is 2.32. The Balaban J connectivity index is 1.86. The van der Waals surface area contributed by atoms with Crippen molar-refractivity contribution in [3.8, 4) is 5.75 Å². The molecule has 1 aromatic carbocycles. The van der Waals surface area contributed by atoms with Crippen LogP contribution in [0.15, 0.2) is 42.7 Å². The van der Waals surface area contributed by atoms with Gasteiger partial charge in [0.15, 0.2) is 0 Å². The lowest BCUT2D eigenvalue weighted by atomic mass is 9.97. The summed E-state index contributed by atoms with van der Waals surface area (Å²) in [5.74, 6) is 0.980. The number of aromatic nitrogens is 1. The van der Waals surface area contributed by atoms with E-state index in [4.69, 9.17) is 10.5 Å². The molecule has 110 valence electrons. The number of fused-ring (bicyclic) bond motifs is 1. The number of nitrogens with two attached hydrogens (primary N) is 1. The van der Waals surface area contributed by atoms with Gasteiger partial charge in [-0.1, -0.05) is 25.1 Å². The van der Waals surface area contributed by atoms with E-state index >= 15 is 0 Å². The van der Waals surface area contributed by atoms with Crippen LogP contribution in [-0.4, -0.2) is 17.6 Å².